The lowest BCUT2D eigenvalue weighted by Gasteiger charge is -2.33. The van der Waals surface area contributed by atoms with Gasteiger partial charge in [-0.15, -0.1) is 0 Å². The lowest BCUT2D eigenvalue weighted by molar-refractivity contribution is -0.403. The van der Waals surface area contributed by atoms with Crippen molar-refractivity contribution in [2.75, 3.05) is 19.0 Å². The Morgan fingerprint density at radius 2 is 1.42 bits per heavy atom. The van der Waals surface area contributed by atoms with Crippen LogP contribution in [0.25, 0.3) is 5.57 Å². The van der Waals surface area contributed by atoms with E-state index in [0.717, 1.165) is 22.5 Å². The van der Waals surface area contributed by atoms with Crippen molar-refractivity contribution in [3.05, 3.63) is 124 Å². The van der Waals surface area contributed by atoms with Crippen LogP contribution in [0.2, 0.25) is 0 Å². The number of rotatable bonds is 4. The number of aromatic hydroxyl groups is 1. The van der Waals surface area contributed by atoms with Crippen molar-refractivity contribution < 1.29 is 24.7 Å². The van der Waals surface area contributed by atoms with Crippen molar-refractivity contribution in [3.63, 3.8) is 0 Å². The van der Waals surface area contributed by atoms with E-state index in [0.29, 0.717) is 11.4 Å². The molecule has 190 valence electrons. The summed E-state index contributed by atoms with van der Waals surface area (Å²) in [6, 6.07) is 20.8. The van der Waals surface area contributed by atoms with Crippen molar-refractivity contribution >= 4 is 34.1 Å². The van der Waals surface area contributed by atoms with E-state index in [-0.39, 0.29) is 33.8 Å². The van der Waals surface area contributed by atoms with Crippen LogP contribution in [0.1, 0.15) is 16.7 Å². The summed E-state index contributed by atoms with van der Waals surface area (Å²) in [7, 11) is 3.75. The van der Waals surface area contributed by atoms with Crippen LogP contribution in [0, 0.1) is 13.8 Å². The lowest BCUT2D eigenvalue weighted by atomic mass is 9.79. The standard InChI is InChI=1S/C32H28N2O4/c1-19-5-9-21(10-6-19)33(3)23-13-15-25(27(35)17-23)29-31(37)30(32(29)38)26-16-14-24(18-28(26)36)34(4)22-11-7-20(2)8-12-22/h5-18H,1-4H3,(H2,35,36,37,38). The molecular formula is C32H28N2O4. The first kappa shape index (κ1) is 24.8. The van der Waals surface area contributed by atoms with E-state index in [4.69, 9.17) is 0 Å². The summed E-state index contributed by atoms with van der Waals surface area (Å²) < 4.78 is 1.91. The molecule has 0 bridgehead atoms. The Balaban J connectivity index is 1.44. The number of nitrogens with zero attached hydrogens (tertiary/aromatic N) is 2. The normalized spacial score (nSPS) is 18.3. The summed E-state index contributed by atoms with van der Waals surface area (Å²) >= 11 is 0. The average molecular weight is 505 g/mol. The number of benzene rings is 3. The van der Waals surface area contributed by atoms with Gasteiger partial charge in [-0.25, -0.2) is 0 Å². The second-order valence-electron chi connectivity index (χ2n) is 9.60. The Bertz CT molecular complexity index is 1620. The number of phenolic OH excluding ortho intramolecular Hbond substituents is 1. The average Bonchev–Trinajstić information content (AvgIpc) is 2.91. The summed E-state index contributed by atoms with van der Waals surface area (Å²) in [5.74, 6) is -1.31. The number of Topliss-reactive ketones (excluding diaryl/α,β-unsaturated/α-hetero) is 1. The zero-order valence-electron chi connectivity index (χ0n) is 21.7. The lowest BCUT2D eigenvalue weighted by Crippen LogP contribution is -2.31. The molecule has 0 saturated heterocycles. The third kappa shape index (κ3) is 4.30. The maximum Gasteiger partial charge on any atom is 0.209 e. The zero-order valence-corrected chi connectivity index (χ0v) is 21.7. The first-order valence-electron chi connectivity index (χ1n) is 12.3. The highest BCUT2D eigenvalue weighted by atomic mass is 16.3. The molecule has 2 N–H and O–H groups in total. The second kappa shape index (κ2) is 9.56. The van der Waals surface area contributed by atoms with E-state index in [9.17, 15) is 20.1 Å². The fraction of sp³-hybridized carbons (Fsp3) is 0.125. The number of carbonyl (C=O) groups excluding carboxylic acids is 1. The Labute approximate surface area is 221 Å². The van der Waals surface area contributed by atoms with E-state index in [2.05, 4.69) is 0 Å². The van der Waals surface area contributed by atoms with Crippen LogP contribution in [-0.2, 0) is 4.79 Å². The van der Waals surface area contributed by atoms with Gasteiger partial charge in [0.05, 0.1) is 6.08 Å². The van der Waals surface area contributed by atoms with Gasteiger partial charge in [0.1, 0.15) is 18.6 Å². The third-order valence-corrected chi connectivity index (χ3v) is 7.03. The molecule has 0 aliphatic heterocycles. The van der Waals surface area contributed by atoms with E-state index < -0.39 is 11.5 Å². The molecule has 0 fully saturated rings. The largest absolute Gasteiger partial charge is 0.871 e. The number of ketones is 1. The quantitative estimate of drug-likeness (QED) is 0.379. The molecule has 3 aromatic rings. The van der Waals surface area contributed by atoms with Gasteiger partial charge in [0.15, 0.2) is 5.78 Å². The predicted molar refractivity (Wildman–Crippen MR) is 148 cm³/mol. The molecule has 0 unspecified atom stereocenters. The molecule has 2 aliphatic rings. The number of aliphatic hydroxyl groups excluding tert-OH is 1. The van der Waals surface area contributed by atoms with Gasteiger partial charge < -0.3 is 20.2 Å². The number of allylic oxidation sites excluding steroid dienone is 5. The minimum absolute atomic E-state index is 0.0812. The molecule has 0 atom stereocenters. The van der Waals surface area contributed by atoms with Gasteiger partial charge in [0.25, 0.3) is 0 Å². The van der Waals surface area contributed by atoms with Gasteiger partial charge in [-0.1, -0.05) is 41.2 Å². The first-order chi connectivity index (χ1) is 18.2. The minimum atomic E-state index is -0.500. The molecule has 0 heterocycles. The summed E-state index contributed by atoms with van der Waals surface area (Å²) in [6.45, 7) is 4.02. The summed E-state index contributed by atoms with van der Waals surface area (Å²) in [5.41, 5.74) is 5.79. The number of carbonyl (C=O) groups is 1. The molecular weight excluding hydrogens is 476 g/mol. The van der Waals surface area contributed by atoms with Gasteiger partial charge in [0, 0.05) is 65.0 Å². The molecule has 2 aliphatic carbocycles. The van der Waals surface area contributed by atoms with Gasteiger partial charge in [0.2, 0.25) is 11.4 Å². The van der Waals surface area contributed by atoms with Gasteiger partial charge in [-0.2, -0.15) is 4.58 Å². The summed E-state index contributed by atoms with van der Waals surface area (Å²) in [6.07, 6.45) is 4.87. The molecule has 3 aromatic carbocycles. The Morgan fingerprint density at radius 1 is 0.816 bits per heavy atom. The van der Waals surface area contributed by atoms with Crippen LogP contribution in [0.3, 0.4) is 0 Å². The Morgan fingerprint density at radius 3 is 2.00 bits per heavy atom. The molecule has 6 heteroatoms. The van der Waals surface area contributed by atoms with Crippen molar-refractivity contribution in [3.8, 4) is 5.75 Å². The highest BCUT2D eigenvalue weighted by Gasteiger charge is 2.34. The van der Waals surface area contributed by atoms with Crippen molar-refractivity contribution in [1.82, 2.24) is 0 Å². The molecule has 0 spiro atoms. The van der Waals surface area contributed by atoms with Crippen LogP contribution in [0.5, 0.6) is 5.75 Å². The number of aliphatic hydroxyl groups is 1. The third-order valence-electron chi connectivity index (χ3n) is 7.03. The number of hydrogen-bond donors (Lipinski definition) is 2. The predicted octanol–water partition coefficient (Wildman–Crippen LogP) is 5.15. The summed E-state index contributed by atoms with van der Waals surface area (Å²) in [5, 5.41) is 34.5. The topological polar surface area (TPSA) is 86.8 Å². The molecule has 0 radical (unpaired) electrons. The van der Waals surface area contributed by atoms with Crippen LogP contribution < -0.4 is 10.0 Å². The fourth-order valence-corrected chi connectivity index (χ4v) is 4.60. The maximum atomic E-state index is 13.1. The number of hydrogen-bond acceptors (Lipinski definition) is 5. The molecule has 0 aromatic heterocycles. The second-order valence-corrected chi connectivity index (χ2v) is 9.60. The van der Waals surface area contributed by atoms with E-state index in [1.165, 1.54) is 12.1 Å². The zero-order chi connectivity index (χ0) is 27.1. The molecule has 6 nitrogen and oxygen atoms in total. The molecule has 0 amide bonds. The van der Waals surface area contributed by atoms with Gasteiger partial charge in [-0.05, 0) is 44.2 Å². The van der Waals surface area contributed by atoms with E-state index in [1.54, 1.807) is 24.3 Å². The maximum absolute atomic E-state index is 13.1. The van der Waals surface area contributed by atoms with E-state index in [1.807, 2.05) is 85.9 Å². The number of aryl methyl sites for hydroxylation is 2. The Hall–Kier alpha value is -4.84. The molecule has 38 heavy (non-hydrogen) atoms. The molecule has 0 saturated carbocycles. The van der Waals surface area contributed by atoms with Crippen LogP contribution in [0.15, 0.2) is 108 Å². The number of phenols is 1. The number of anilines is 2. The Kier molecular flexibility index (Phi) is 6.25. The van der Waals surface area contributed by atoms with Crippen LogP contribution >= 0.6 is 0 Å². The molecule has 5 rings (SSSR count). The highest BCUT2D eigenvalue weighted by molar-refractivity contribution is 6.39. The highest BCUT2D eigenvalue weighted by Crippen LogP contribution is 2.42. The van der Waals surface area contributed by atoms with Crippen molar-refractivity contribution in [2.45, 2.75) is 13.8 Å². The van der Waals surface area contributed by atoms with Crippen LogP contribution in [-0.4, -0.2) is 40.4 Å². The van der Waals surface area contributed by atoms with Gasteiger partial charge >= 0.3 is 0 Å². The van der Waals surface area contributed by atoms with Crippen molar-refractivity contribution in [1.29, 1.82) is 0 Å². The fourth-order valence-electron chi connectivity index (χ4n) is 4.60. The first-order valence-corrected chi connectivity index (χ1v) is 12.3. The van der Waals surface area contributed by atoms with Crippen molar-refractivity contribution in [2.24, 2.45) is 0 Å². The smallest absolute Gasteiger partial charge is 0.209 e. The minimum Gasteiger partial charge on any atom is -0.871 e. The summed E-state index contributed by atoms with van der Waals surface area (Å²) in [4.78, 5) is 15.0. The van der Waals surface area contributed by atoms with Gasteiger partial charge in [-0.3, -0.25) is 4.79 Å². The van der Waals surface area contributed by atoms with Crippen LogP contribution in [0.4, 0.5) is 17.1 Å². The monoisotopic (exact) mass is 504 g/mol. The SMILES string of the molecule is Cc1ccc(N(C)c2ccc(C3=C([O-])/C(=C4C=C/C(=[N+](\C)c5ccc(C)cc5)C=C\4O)C3=O)c(O)c2)cc1. The van der Waals surface area contributed by atoms with E-state index >= 15 is 0 Å².